The Balaban J connectivity index is 1.64. The van der Waals surface area contributed by atoms with Crippen LogP contribution in [0.2, 0.25) is 0 Å². The third kappa shape index (κ3) is 4.21. The van der Waals surface area contributed by atoms with E-state index in [1.54, 1.807) is 26.3 Å². The molecule has 0 unspecified atom stereocenters. The van der Waals surface area contributed by atoms with E-state index in [1.807, 2.05) is 36.4 Å². The molecule has 2 heterocycles. The predicted octanol–water partition coefficient (Wildman–Crippen LogP) is 2.43. The molecule has 0 N–H and O–H groups in total. The Morgan fingerprint density at radius 2 is 2.00 bits per heavy atom. The number of rotatable bonds is 5. The van der Waals surface area contributed by atoms with E-state index < -0.39 is 0 Å². The lowest BCUT2D eigenvalue weighted by Gasteiger charge is -2.27. The number of aromatic nitrogens is 2. The molecule has 4 rings (SSSR count). The van der Waals surface area contributed by atoms with Crippen LogP contribution >= 0.6 is 0 Å². The highest BCUT2D eigenvalue weighted by atomic mass is 16.5. The fourth-order valence-electron chi connectivity index (χ4n) is 3.50. The van der Waals surface area contributed by atoms with E-state index in [-0.39, 0.29) is 5.56 Å². The maximum absolute atomic E-state index is 12.8. The molecule has 3 aromatic rings. The van der Waals surface area contributed by atoms with Gasteiger partial charge in [0.05, 0.1) is 37.4 Å². The van der Waals surface area contributed by atoms with Crippen LogP contribution in [-0.4, -0.2) is 54.2 Å². The van der Waals surface area contributed by atoms with Gasteiger partial charge >= 0.3 is 0 Å². The first kappa shape index (κ1) is 19.3. The van der Waals surface area contributed by atoms with Crippen molar-refractivity contribution in [2.75, 3.05) is 33.4 Å². The number of hydrogen-bond donors (Lipinski definition) is 0. The SMILES string of the molecule is COc1ccc(C=Nn2c(C)nc3ccccc3c2=O)cc1CN1CCOCC1. The summed E-state index contributed by atoms with van der Waals surface area (Å²) >= 11 is 0. The number of morpholine rings is 1. The zero-order valence-corrected chi connectivity index (χ0v) is 16.7. The van der Waals surface area contributed by atoms with Gasteiger partial charge in [0.2, 0.25) is 0 Å². The number of aryl methyl sites for hydroxylation is 1. The molecule has 1 aliphatic heterocycles. The summed E-state index contributed by atoms with van der Waals surface area (Å²) in [6, 6.07) is 13.2. The number of ether oxygens (including phenoxy) is 2. The fraction of sp³-hybridized carbons (Fsp3) is 0.318. The van der Waals surface area contributed by atoms with Gasteiger partial charge in [-0.15, -0.1) is 0 Å². The van der Waals surface area contributed by atoms with Gasteiger partial charge in [-0.1, -0.05) is 12.1 Å². The maximum atomic E-state index is 12.8. The first-order valence-corrected chi connectivity index (χ1v) is 9.65. The quantitative estimate of drug-likeness (QED) is 0.624. The molecule has 0 spiro atoms. The summed E-state index contributed by atoms with van der Waals surface area (Å²) in [7, 11) is 1.68. The second-order valence-electron chi connectivity index (χ2n) is 7.00. The van der Waals surface area contributed by atoms with Gasteiger partial charge < -0.3 is 9.47 Å². The number of fused-ring (bicyclic) bond motifs is 1. The highest BCUT2D eigenvalue weighted by Crippen LogP contribution is 2.21. The standard InChI is InChI=1S/C22H24N4O3/c1-16-24-20-6-4-3-5-19(20)22(27)26(16)23-14-17-7-8-21(28-2)18(13-17)15-25-9-11-29-12-10-25/h3-8,13-14H,9-12,15H2,1-2H3. The van der Waals surface area contributed by atoms with Gasteiger partial charge in [-0.3, -0.25) is 9.69 Å². The van der Waals surface area contributed by atoms with Crippen molar-refractivity contribution < 1.29 is 9.47 Å². The van der Waals surface area contributed by atoms with E-state index in [0.717, 1.165) is 49.7 Å². The van der Waals surface area contributed by atoms with E-state index in [9.17, 15) is 4.79 Å². The third-order valence-corrected chi connectivity index (χ3v) is 5.04. The topological polar surface area (TPSA) is 69.0 Å². The van der Waals surface area contributed by atoms with Crippen LogP contribution in [0.25, 0.3) is 10.9 Å². The van der Waals surface area contributed by atoms with E-state index >= 15 is 0 Å². The zero-order chi connectivity index (χ0) is 20.2. The molecule has 1 aliphatic rings. The molecule has 1 fully saturated rings. The molecule has 0 amide bonds. The summed E-state index contributed by atoms with van der Waals surface area (Å²) in [6.07, 6.45) is 1.69. The Morgan fingerprint density at radius 3 is 2.79 bits per heavy atom. The summed E-state index contributed by atoms with van der Waals surface area (Å²) < 4.78 is 12.3. The number of methoxy groups -OCH3 is 1. The zero-order valence-electron chi connectivity index (χ0n) is 16.7. The molecule has 2 aromatic carbocycles. The average Bonchev–Trinajstić information content (AvgIpc) is 2.74. The molecule has 1 aromatic heterocycles. The van der Waals surface area contributed by atoms with Gasteiger partial charge in [-0.2, -0.15) is 9.78 Å². The number of benzene rings is 2. The summed E-state index contributed by atoms with van der Waals surface area (Å²) in [5.74, 6) is 1.39. The molecule has 0 bridgehead atoms. The van der Waals surface area contributed by atoms with Crippen LogP contribution in [0.3, 0.4) is 0 Å². The Hall–Kier alpha value is -3.03. The van der Waals surface area contributed by atoms with Crippen LogP contribution < -0.4 is 10.3 Å². The van der Waals surface area contributed by atoms with Gasteiger partial charge in [0.25, 0.3) is 5.56 Å². The third-order valence-electron chi connectivity index (χ3n) is 5.04. The number of hydrogen-bond acceptors (Lipinski definition) is 6. The molecule has 0 aliphatic carbocycles. The molecule has 0 atom stereocenters. The van der Waals surface area contributed by atoms with Gasteiger partial charge in [0.15, 0.2) is 0 Å². The Morgan fingerprint density at radius 1 is 1.21 bits per heavy atom. The lowest BCUT2D eigenvalue weighted by atomic mass is 10.1. The van der Waals surface area contributed by atoms with Crippen LogP contribution in [0.15, 0.2) is 52.4 Å². The van der Waals surface area contributed by atoms with Crippen molar-refractivity contribution in [3.63, 3.8) is 0 Å². The summed E-state index contributed by atoms with van der Waals surface area (Å²) in [6.45, 7) is 5.87. The molecule has 0 saturated carbocycles. The van der Waals surface area contributed by atoms with Crippen LogP contribution in [0.1, 0.15) is 17.0 Å². The largest absolute Gasteiger partial charge is 0.496 e. The maximum Gasteiger partial charge on any atom is 0.282 e. The molecule has 0 radical (unpaired) electrons. The van der Waals surface area contributed by atoms with Gasteiger partial charge in [-0.05, 0) is 42.8 Å². The van der Waals surface area contributed by atoms with Crippen LogP contribution in [0, 0.1) is 6.92 Å². The highest BCUT2D eigenvalue weighted by Gasteiger charge is 2.14. The van der Waals surface area contributed by atoms with Crippen LogP contribution in [0.4, 0.5) is 0 Å². The van der Waals surface area contributed by atoms with Crippen LogP contribution in [-0.2, 0) is 11.3 Å². The van der Waals surface area contributed by atoms with Crippen molar-refractivity contribution >= 4 is 17.1 Å². The molecule has 150 valence electrons. The van der Waals surface area contributed by atoms with Crippen molar-refractivity contribution in [1.29, 1.82) is 0 Å². The minimum atomic E-state index is -0.175. The fourth-order valence-corrected chi connectivity index (χ4v) is 3.50. The predicted molar refractivity (Wildman–Crippen MR) is 113 cm³/mol. The van der Waals surface area contributed by atoms with E-state index in [2.05, 4.69) is 15.0 Å². The molecule has 7 nitrogen and oxygen atoms in total. The van der Waals surface area contributed by atoms with Crippen molar-refractivity contribution in [3.05, 3.63) is 69.8 Å². The highest BCUT2D eigenvalue weighted by molar-refractivity contribution is 5.81. The molecule has 7 heteroatoms. The normalized spacial score (nSPS) is 15.2. The molecule has 1 saturated heterocycles. The smallest absolute Gasteiger partial charge is 0.282 e. The summed E-state index contributed by atoms with van der Waals surface area (Å²) in [5, 5.41) is 4.97. The van der Waals surface area contributed by atoms with Gasteiger partial charge in [0, 0.05) is 25.2 Å². The lowest BCUT2D eigenvalue weighted by Crippen LogP contribution is -2.35. The molecule has 29 heavy (non-hydrogen) atoms. The minimum absolute atomic E-state index is 0.175. The van der Waals surface area contributed by atoms with Crippen molar-refractivity contribution in [1.82, 2.24) is 14.6 Å². The summed E-state index contributed by atoms with van der Waals surface area (Å²) in [4.78, 5) is 19.6. The van der Waals surface area contributed by atoms with Crippen molar-refractivity contribution in [2.24, 2.45) is 5.10 Å². The second kappa shape index (κ2) is 8.55. The van der Waals surface area contributed by atoms with Crippen molar-refractivity contribution in [2.45, 2.75) is 13.5 Å². The Labute approximate surface area is 169 Å². The van der Waals surface area contributed by atoms with Crippen molar-refractivity contribution in [3.8, 4) is 5.75 Å². The monoisotopic (exact) mass is 392 g/mol. The first-order chi connectivity index (χ1) is 14.2. The first-order valence-electron chi connectivity index (χ1n) is 9.65. The number of para-hydroxylation sites is 1. The van der Waals surface area contributed by atoms with Gasteiger partial charge in [-0.25, -0.2) is 4.98 Å². The molecular formula is C22H24N4O3. The van der Waals surface area contributed by atoms with Crippen LogP contribution in [0.5, 0.6) is 5.75 Å². The van der Waals surface area contributed by atoms with E-state index in [1.165, 1.54) is 4.68 Å². The average molecular weight is 392 g/mol. The van der Waals surface area contributed by atoms with E-state index in [4.69, 9.17) is 9.47 Å². The number of nitrogens with zero attached hydrogens (tertiary/aromatic N) is 4. The lowest BCUT2D eigenvalue weighted by molar-refractivity contribution is 0.0339. The Bertz CT molecular complexity index is 1100. The summed E-state index contributed by atoms with van der Waals surface area (Å²) in [5.41, 5.74) is 2.48. The second-order valence-corrected chi connectivity index (χ2v) is 7.00. The van der Waals surface area contributed by atoms with E-state index in [0.29, 0.717) is 16.7 Å². The molecular weight excluding hydrogens is 368 g/mol. The Kier molecular flexibility index (Phi) is 5.69. The van der Waals surface area contributed by atoms with Gasteiger partial charge in [0.1, 0.15) is 11.6 Å². The minimum Gasteiger partial charge on any atom is -0.496 e.